The number of halogens is 3. The zero-order chi connectivity index (χ0) is 16.1. The van der Waals surface area contributed by atoms with Crippen molar-refractivity contribution in [3.8, 4) is 0 Å². The summed E-state index contributed by atoms with van der Waals surface area (Å²) in [7, 11) is 0. The molecule has 0 atom stereocenters. The van der Waals surface area contributed by atoms with Crippen LogP contribution < -0.4 is 5.32 Å². The molecule has 0 heterocycles. The number of rotatable bonds is 5. The maximum atomic E-state index is 12.3. The number of benzene rings is 1. The first kappa shape index (κ1) is 17.8. The summed E-state index contributed by atoms with van der Waals surface area (Å²) in [4.78, 5) is 12.1. The standard InChI is InChI=1S/C14H18F3NO2S/c1-13(2,3)20-8-12(19)18-10-6-4-5-7-11(10)21-9-14(15,16)17/h4-7H,8-9H2,1-3H3,(H,18,19). The molecule has 0 saturated heterocycles. The highest BCUT2D eigenvalue weighted by Gasteiger charge is 2.27. The Balaban J connectivity index is 2.64. The molecule has 0 aliphatic heterocycles. The van der Waals surface area contributed by atoms with Gasteiger partial charge in [0.15, 0.2) is 0 Å². The topological polar surface area (TPSA) is 38.3 Å². The predicted octanol–water partition coefficient (Wildman–Crippen LogP) is 4.09. The number of hydrogen-bond acceptors (Lipinski definition) is 3. The average Bonchev–Trinajstić information content (AvgIpc) is 2.33. The summed E-state index contributed by atoms with van der Waals surface area (Å²) in [5.74, 6) is -1.40. The second-order valence-electron chi connectivity index (χ2n) is 5.35. The van der Waals surface area contributed by atoms with E-state index in [2.05, 4.69) is 5.32 Å². The minimum Gasteiger partial charge on any atom is -0.366 e. The molecule has 21 heavy (non-hydrogen) atoms. The zero-order valence-corrected chi connectivity index (χ0v) is 12.9. The lowest BCUT2D eigenvalue weighted by Crippen LogP contribution is -2.27. The first-order valence-corrected chi connectivity index (χ1v) is 7.28. The van der Waals surface area contributed by atoms with Gasteiger partial charge in [-0.1, -0.05) is 12.1 Å². The molecular weight excluding hydrogens is 303 g/mol. The summed E-state index contributed by atoms with van der Waals surface area (Å²) in [5, 5.41) is 2.57. The van der Waals surface area contributed by atoms with Crippen LogP contribution in [-0.4, -0.2) is 30.0 Å². The average molecular weight is 321 g/mol. The lowest BCUT2D eigenvalue weighted by Gasteiger charge is -2.19. The Labute approximate surface area is 126 Å². The molecule has 1 aromatic rings. The smallest absolute Gasteiger partial charge is 0.366 e. The van der Waals surface area contributed by atoms with Crippen LogP contribution in [0.25, 0.3) is 0 Å². The Morgan fingerprint density at radius 1 is 1.24 bits per heavy atom. The Morgan fingerprint density at radius 3 is 2.43 bits per heavy atom. The Bertz CT molecular complexity index is 484. The minimum absolute atomic E-state index is 0.151. The second-order valence-corrected chi connectivity index (χ2v) is 6.37. The van der Waals surface area contributed by atoms with Crippen molar-refractivity contribution in [3.63, 3.8) is 0 Å². The first-order valence-electron chi connectivity index (χ1n) is 6.29. The van der Waals surface area contributed by atoms with Gasteiger partial charge in [-0.15, -0.1) is 11.8 Å². The van der Waals surface area contributed by atoms with Gasteiger partial charge in [-0.05, 0) is 32.9 Å². The van der Waals surface area contributed by atoms with Gasteiger partial charge < -0.3 is 10.1 Å². The van der Waals surface area contributed by atoms with E-state index in [-0.39, 0.29) is 6.61 Å². The summed E-state index contributed by atoms with van der Waals surface area (Å²) in [5.41, 5.74) is -0.101. The summed E-state index contributed by atoms with van der Waals surface area (Å²) in [6.45, 7) is 5.29. The van der Waals surface area contributed by atoms with Gasteiger partial charge in [-0.25, -0.2) is 0 Å². The van der Waals surface area contributed by atoms with Crippen molar-refractivity contribution >= 4 is 23.4 Å². The number of anilines is 1. The summed E-state index contributed by atoms with van der Waals surface area (Å²) < 4.78 is 42.1. The van der Waals surface area contributed by atoms with Gasteiger partial charge >= 0.3 is 6.18 Å². The van der Waals surface area contributed by atoms with Gasteiger partial charge in [0, 0.05) is 4.90 Å². The predicted molar refractivity (Wildman–Crippen MR) is 77.6 cm³/mol. The normalized spacial score (nSPS) is 12.3. The number of carbonyl (C=O) groups is 1. The van der Waals surface area contributed by atoms with Crippen LogP contribution in [0.3, 0.4) is 0 Å². The monoisotopic (exact) mass is 321 g/mol. The third-order valence-corrected chi connectivity index (χ3v) is 3.33. The molecule has 1 N–H and O–H groups in total. The summed E-state index contributed by atoms with van der Waals surface area (Å²) in [6.07, 6.45) is -4.25. The molecule has 1 rings (SSSR count). The molecule has 0 aliphatic rings. The van der Waals surface area contributed by atoms with Crippen LogP contribution in [0.5, 0.6) is 0 Å². The molecule has 1 aromatic carbocycles. The lowest BCUT2D eigenvalue weighted by atomic mass is 10.2. The molecule has 0 unspecified atom stereocenters. The van der Waals surface area contributed by atoms with Crippen LogP contribution in [-0.2, 0) is 9.53 Å². The van der Waals surface area contributed by atoms with E-state index in [9.17, 15) is 18.0 Å². The number of nitrogens with one attached hydrogen (secondary N) is 1. The molecule has 0 aromatic heterocycles. The zero-order valence-electron chi connectivity index (χ0n) is 12.1. The van der Waals surface area contributed by atoms with Crippen molar-refractivity contribution in [2.75, 3.05) is 17.7 Å². The fourth-order valence-corrected chi connectivity index (χ4v) is 2.09. The van der Waals surface area contributed by atoms with Gasteiger partial charge in [0.25, 0.3) is 0 Å². The molecule has 0 radical (unpaired) electrons. The molecule has 7 heteroatoms. The van der Waals surface area contributed by atoms with Crippen LogP contribution in [0.1, 0.15) is 20.8 Å². The van der Waals surface area contributed by atoms with Crippen molar-refractivity contribution < 1.29 is 22.7 Å². The number of amides is 1. The maximum absolute atomic E-state index is 12.3. The summed E-state index contributed by atoms with van der Waals surface area (Å²) >= 11 is 0.639. The quantitative estimate of drug-likeness (QED) is 0.830. The van der Waals surface area contributed by atoms with Crippen LogP contribution in [0.2, 0.25) is 0 Å². The third-order valence-electron chi connectivity index (χ3n) is 2.19. The SMILES string of the molecule is CC(C)(C)OCC(=O)Nc1ccccc1SCC(F)(F)F. The van der Waals surface area contributed by atoms with Gasteiger partial charge in [0.05, 0.1) is 17.0 Å². The molecule has 0 aliphatic carbocycles. The Kier molecular flexibility index (Phi) is 6.10. The highest BCUT2D eigenvalue weighted by atomic mass is 32.2. The molecule has 0 saturated carbocycles. The number of ether oxygens (including phenoxy) is 1. The third kappa shape index (κ3) is 7.96. The van der Waals surface area contributed by atoms with Crippen molar-refractivity contribution in [1.29, 1.82) is 0 Å². The van der Waals surface area contributed by atoms with E-state index in [0.717, 1.165) is 0 Å². The van der Waals surface area contributed by atoms with E-state index >= 15 is 0 Å². The van der Waals surface area contributed by atoms with Gasteiger partial charge in [0.1, 0.15) is 6.61 Å². The fraction of sp³-hybridized carbons (Fsp3) is 0.500. The highest BCUT2D eigenvalue weighted by molar-refractivity contribution is 7.99. The maximum Gasteiger partial charge on any atom is 0.398 e. The molecule has 118 valence electrons. The Hall–Kier alpha value is -1.21. The number of thioether (sulfide) groups is 1. The number of para-hydroxylation sites is 1. The summed E-state index contributed by atoms with van der Waals surface area (Å²) in [6, 6.07) is 6.38. The second kappa shape index (κ2) is 7.17. The van der Waals surface area contributed by atoms with Crippen molar-refractivity contribution in [2.45, 2.75) is 37.4 Å². The molecule has 0 spiro atoms. The van der Waals surface area contributed by atoms with Crippen LogP contribution in [0.15, 0.2) is 29.2 Å². The minimum atomic E-state index is -4.25. The molecule has 0 bridgehead atoms. The molecule has 0 fully saturated rings. The highest BCUT2D eigenvalue weighted by Crippen LogP contribution is 2.32. The Morgan fingerprint density at radius 2 is 1.86 bits per heavy atom. The molecular formula is C14H18F3NO2S. The molecule has 3 nitrogen and oxygen atoms in total. The molecule has 1 amide bonds. The van der Waals surface area contributed by atoms with E-state index in [4.69, 9.17) is 4.74 Å². The van der Waals surface area contributed by atoms with Crippen molar-refractivity contribution in [2.24, 2.45) is 0 Å². The van der Waals surface area contributed by atoms with Crippen molar-refractivity contribution in [1.82, 2.24) is 0 Å². The van der Waals surface area contributed by atoms with Crippen molar-refractivity contribution in [3.05, 3.63) is 24.3 Å². The largest absolute Gasteiger partial charge is 0.398 e. The van der Waals surface area contributed by atoms with E-state index < -0.39 is 23.4 Å². The number of alkyl halides is 3. The van der Waals surface area contributed by atoms with Gasteiger partial charge in [0.2, 0.25) is 5.91 Å². The van der Waals surface area contributed by atoms with E-state index in [1.165, 1.54) is 6.07 Å². The van der Waals surface area contributed by atoms with Crippen LogP contribution in [0, 0.1) is 0 Å². The first-order chi connectivity index (χ1) is 9.57. The number of carbonyl (C=O) groups excluding carboxylic acids is 1. The van der Waals surface area contributed by atoms with Crippen LogP contribution >= 0.6 is 11.8 Å². The fourth-order valence-electron chi connectivity index (χ4n) is 1.32. The van der Waals surface area contributed by atoms with E-state index in [0.29, 0.717) is 22.3 Å². The van der Waals surface area contributed by atoms with Gasteiger partial charge in [-0.2, -0.15) is 13.2 Å². The van der Waals surface area contributed by atoms with E-state index in [1.54, 1.807) is 18.2 Å². The van der Waals surface area contributed by atoms with Gasteiger partial charge in [-0.3, -0.25) is 4.79 Å². The van der Waals surface area contributed by atoms with Crippen LogP contribution in [0.4, 0.5) is 18.9 Å². The lowest BCUT2D eigenvalue weighted by molar-refractivity contribution is -0.125. The van der Waals surface area contributed by atoms with E-state index in [1.807, 2.05) is 20.8 Å². The number of hydrogen-bond donors (Lipinski definition) is 1.